The third-order valence-electron chi connectivity index (χ3n) is 5.42. The van der Waals surface area contributed by atoms with Gasteiger partial charge in [-0.1, -0.05) is 0 Å². The Morgan fingerprint density at radius 2 is 1.22 bits per heavy atom. The third kappa shape index (κ3) is 14.2. The summed E-state index contributed by atoms with van der Waals surface area (Å²) in [4.78, 5) is 26.7. The van der Waals surface area contributed by atoms with Gasteiger partial charge in [-0.05, 0) is 105 Å². The second-order valence-corrected chi connectivity index (χ2v) is 10.9. The summed E-state index contributed by atoms with van der Waals surface area (Å²) in [6, 6.07) is 14.5. The monoisotopic (exact) mass is 758 g/mol. The molecule has 0 bridgehead atoms. The molecule has 4 rings (SSSR count). The fourth-order valence-electron chi connectivity index (χ4n) is 3.31. The number of rotatable bonds is 7. The third-order valence-corrected chi connectivity index (χ3v) is 7.07. The molecule has 0 spiro atoms. The topological polar surface area (TPSA) is 88.5 Å². The van der Waals surface area contributed by atoms with Crippen molar-refractivity contribution in [3.8, 4) is 0 Å². The number of ether oxygens (including phenoxy) is 3. The zero-order chi connectivity index (χ0) is 26.9. The number of carbonyl (C=O) groups excluding carboxylic acids is 2. The molecule has 2 aromatic rings. The maximum absolute atomic E-state index is 11.7. The van der Waals surface area contributed by atoms with E-state index >= 15 is 0 Å². The summed E-state index contributed by atoms with van der Waals surface area (Å²) >= 11 is 9.59. The van der Waals surface area contributed by atoms with Crippen LogP contribution in [-0.2, 0) is 14.2 Å². The summed E-state index contributed by atoms with van der Waals surface area (Å²) in [6.45, 7) is 9.23. The van der Waals surface area contributed by atoms with Gasteiger partial charge in [-0.25, -0.2) is 4.79 Å². The molecule has 2 fully saturated rings. The predicted molar refractivity (Wildman–Crippen MR) is 160 cm³/mol. The molecule has 0 aromatic heterocycles. The van der Waals surface area contributed by atoms with Crippen LogP contribution in [0.2, 0.25) is 0 Å². The summed E-state index contributed by atoms with van der Waals surface area (Å²) in [6.07, 6.45) is 0. The molecule has 2 heterocycles. The summed E-state index contributed by atoms with van der Waals surface area (Å²) in [7, 11) is 0. The highest BCUT2D eigenvalue weighted by Gasteiger charge is 2.12. The number of hydrogen-bond acceptors (Lipinski definition) is 8. The Bertz CT molecular complexity index is 919. The van der Waals surface area contributed by atoms with Crippen LogP contribution in [-0.4, -0.2) is 105 Å². The largest absolute Gasteiger partial charge is 0.461 e. The van der Waals surface area contributed by atoms with Gasteiger partial charge in [-0.3, -0.25) is 14.6 Å². The molecule has 2 aliphatic heterocycles. The van der Waals surface area contributed by atoms with Crippen molar-refractivity contribution in [2.45, 2.75) is 0 Å². The molecule has 11 heteroatoms. The number of β-amino-alcohol motifs (C(OH)–C–C–N with tert-alkyl or cyclic N) is 1. The van der Waals surface area contributed by atoms with Gasteiger partial charge in [0.05, 0.1) is 38.6 Å². The Morgan fingerprint density at radius 1 is 0.784 bits per heavy atom. The molecular formula is C26H33ClI2N2O6. The molecule has 8 nitrogen and oxygen atoms in total. The number of morpholine rings is 2. The van der Waals surface area contributed by atoms with E-state index in [4.69, 9.17) is 30.9 Å². The Balaban J connectivity index is 0.000000214. The standard InChI is InChI=1S/C13H16INO3.C7H4ClIO.C6H13NO2/c14-12-3-1-11(2-4-12)13(16)18-10-7-15-5-8-17-9-6-15;8-7(10)5-1-3-6(9)4-2-5;8-4-1-7-2-5-9-6-3-7/h1-4H,5-10H2;1-4H;8H,1-6H2. The molecule has 0 aliphatic carbocycles. The second kappa shape index (κ2) is 19.2. The van der Waals surface area contributed by atoms with Crippen molar-refractivity contribution in [1.82, 2.24) is 9.80 Å². The van der Waals surface area contributed by atoms with Crippen LogP contribution in [0.1, 0.15) is 20.7 Å². The van der Waals surface area contributed by atoms with E-state index in [1.54, 1.807) is 24.3 Å². The molecule has 204 valence electrons. The van der Waals surface area contributed by atoms with E-state index in [1.165, 1.54) is 0 Å². The number of hydrogen-bond donors (Lipinski definition) is 1. The molecule has 0 unspecified atom stereocenters. The van der Waals surface area contributed by atoms with Crippen LogP contribution in [0, 0.1) is 7.14 Å². The van der Waals surface area contributed by atoms with Crippen LogP contribution >= 0.6 is 56.8 Å². The van der Waals surface area contributed by atoms with Crippen molar-refractivity contribution >= 4 is 68.0 Å². The van der Waals surface area contributed by atoms with E-state index in [0.717, 1.165) is 72.8 Å². The summed E-state index contributed by atoms with van der Waals surface area (Å²) < 4.78 is 17.8. The van der Waals surface area contributed by atoms with Crippen LogP contribution < -0.4 is 0 Å². The van der Waals surface area contributed by atoms with Crippen LogP contribution in [0.3, 0.4) is 0 Å². The van der Waals surface area contributed by atoms with Gasteiger partial charge in [-0.2, -0.15) is 0 Å². The number of benzene rings is 2. The molecule has 2 saturated heterocycles. The van der Waals surface area contributed by atoms with E-state index in [9.17, 15) is 9.59 Å². The van der Waals surface area contributed by atoms with Crippen LogP contribution in [0.5, 0.6) is 0 Å². The lowest BCUT2D eigenvalue weighted by molar-refractivity contribution is 0.0195. The first-order chi connectivity index (χ1) is 17.9. The van der Waals surface area contributed by atoms with Crippen LogP contribution in [0.4, 0.5) is 0 Å². The maximum Gasteiger partial charge on any atom is 0.338 e. The lowest BCUT2D eigenvalue weighted by Crippen LogP contribution is -2.38. The summed E-state index contributed by atoms with van der Waals surface area (Å²) in [5.74, 6) is -0.250. The minimum Gasteiger partial charge on any atom is -0.461 e. The summed E-state index contributed by atoms with van der Waals surface area (Å²) in [5.41, 5.74) is 1.15. The fraction of sp³-hybridized carbons (Fsp3) is 0.462. The normalized spacial score (nSPS) is 16.0. The predicted octanol–water partition coefficient (Wildman–Crippen LogP) is 3.76. The van der Waals surface area contributed by atoms with Gasteiger partial charge in [0.2, 0.25) is 0 Å². The van der Waals surface area contributed by atoms with Crippen molar-refractivity contribution < 1.29 is 28.9 Å². The van der Waals surface area contributed by atoms with E-state index in [1.807, 2.05) is 24.3 Å². The lowest BCUT2D eigenvalue weighted by atomic mass is 10.2. The first kappa shape index (κ1) is 32.3. The van der Waals surface area contributed by atoms with Gasteiger partial charge >= 0.3 is 5.97 Å². The van der Waals surface area contributed by atoms with Crippen molar-refractivity contribution in [1.29, 1.82) is 0 Å². The lowest BCUT2D eigenvalue weighted by Gasteiger charge is -2.26. The quantitative estimate of drug-likeness (QED) is 0.260. The fourth-order valence-corrected chi connectivity index (χ4v) is 4.15. The van der Waals surface area contributed by atoms with Gasteiger partial charge in [0.1, 0.15) is 6.61 Å². The highest BCUT2D eigenvalue weighted by Crippen LogP contribution is 2.09. The van der Waals surface area contributed by atoms with Crippen molar-refractivity contribution in [3.63, 3.8) is 0 Å². The second-order valence-electron chi connectivity index (χ2n) is 8.06. The zero-order valence-corrected chi connectivity index (χ0v) is 25.7. The number of nitrogens with zero attached hydrogens (tertiary/aromatic N) is 2. The SMILES string of the molecule is O=C(Cl)c1ccc(I)cc1.O=C(OCCN1CCOCC1)c1ccc(I)cc1.OCCN1CCOCC1. The Labute approximate surface area is 250 Å². The van der Waals surface area contributed by atoms with E-state index in [0.29, 0.717) is 17.7 Å². The number of halogens is 3. The average Bonchev–Trinajstić information content (AvgIpc) is 2.91. The minimum absolute atomic E-state index is 0.250. The highest BCUT2D eigenvalue weighted by atomic mass is 127. The van der Waals surface area contributed by atoms with Gasteiger partial charge in [0.15, 0.2) is 0 Å². The Hall–Kier alpha value is -0.870. The van der Waals surface area contributed by atoms with Crippen molar-refractivity contribution in [3.05, 3.63) is 66.8 Å². The molecule has 1 N–H and O–H groups in total. The number of aliphatic hydroxyl groups excluding tert-OH is 1. The van der Waals surface area contributed by atoms with Gasteiger partial charge < -0.3 is 19.3 Å². The van der Waals surface area contributed by atoms with Gasteiger partial charge in [-0.15, -0.1) is 0 Å². The molecule has 2 aliphatic rings. The first-order valence-electron chi connectivity index (χ1n) is 12.0. The number of aliphatic hydroxyl groups is 1. The molecular weight excluding hydrogens is 726 g/mol. The number of esters is 1. The molecule has 0 atom stereocenters. The Morgan fingerprint density at radius 3 is 1.65 bits per heavy atom. The summed E-state index contributed by atoms with van der Waals surface area (Å²) in [5, 5.41) is 8.13. The van der Waals surface area contributed by atoms with Crippen LogP contribution in [0.25, 0.3) is 0 Å². The molecule has 0 radical (unpaired) electrons. The highest BCUT2D eigenvalue weighted by molar-refractivity contribution is 14.1. The van der Waals surface area contributed by atoms with Crippen molar-refractivity contribution in [2.75, 3.05) is 78.9 Å². The molecule has 2 aromatic carbocycles. The van der Waals surface area contributed by atoms with Gasteiger partial charge in [0.25, 0.3) is 5.24 Å². The van der Waals surface area contributed by atoms with Crippen molar-refractivity contribution in [2.24, 2.45) is 0 Å². The molecule has 37 heavy (non-hydrogen) atoms. The number of carbonyl (C=O) groups is 2. The first-order valence-corrected chi connectivity index (χ1v) is 14.5. The Kier molecular flexibility index (Phi) is 16.8. The van der Waals surface area contributed by atoms with Gasteiger partial charge in [0, 0.05) is 52.0 Å². The molecule has 0 amide bonds. The van der Waals surface area contributed by atoms with E-state index < -0.39 is 5.24 Å². The van der Waals surface area contributed by atoms with E-state index in [2.05, 4.69) is 55.0 Å². The zero-order valence-electron chi connectivity index (χ0n) is 20.6. The average molecular weight is 759 g/mol. The molecule has 0 saturated carbocycles. The minimum atomic E-state index is -0.406. The van der Waals surface area contributed by atoms with Crippen LogP contribution in [0.15, 0.2) is 48.5 Å². The van der Waals surface area contributed by atoms with E-state index in [-0.39, 0.29) is 12.6 Å². The smallest absolute Gasteiger partial charge is 0.338 e. The maximum atomic E-state index is 11.7.